The van der Waals surface area contributed by atoms with Gasteiger partial charge in [0.05, 0.1) is 41.2 Å². The fourth-order valence-electron chi connectivity index (χ4n) is 4.72. The molecule has 0 spiro atoms. The molecule has 0 radical (unpaired) electrons. The Labute approximate surface area is 195 Å². The van der Waals surface area contributed by atoms with Gasteiger partial charge in [0.1, 0.15) is 12.4 Å². The van der Waals surface area contributed by atoms with Gasteiger partial charge in [-0.2, -0.15) is 0 Å². The zero-order valence-electron chi connectivity index (χ0n) is 19.0. The van der Waals surface area contributed by atoms with Crippen molar-refractivity contribution in [3.8, 4) is 17.1 Å². The number of benzene rings is 1. The summed E-state index contributed by atoms with van der Waals surface area (Å²) in [5, 5.41) is 30.3. The molecular formula is C25H25N3O6. The number of ether oxygens (including phenoxy) is 2. The Bertz CT molecular complexity index is 1430. The molecule has 0 bridgehead atoms. The molecule has 2 aromatic heterocycles. The van der Waals surface area contributed by atoms with E-state index in [1.165, 1.54) is 16.7 Å². The first-order valence-electron chi connectivity index (χ1n) is 11.3. The molecule has 0 fully saturated rings. The van der Waals surface area contributed by atoms with Gasteiger partial charge in [-0.1, -0.05) is 20.3 Å². The lowest BCUT2D eigenvalue weighted by Crippen LogP contribution is -2.44. The van der Waals surface area contributed by atoms with Crippen molar-refractivity contribution in [1.29, 1.82) is 5.41 Å². The first-order valence-corrected chi connectivity index (χ1v) is 11.3. The molecule has 2 aliphatic rings. The third-order valence-corrected chi connectivity index (χ3v) is 6.64. The highest BCUT2D eigenvalue weighted by atomic mass is 16.6. The van der Waals surface area contributed by atoms with Crippen molar-refractivity contribution >= 4 is 22.8 Å². The number of aromatic hydroxyl groups is 1. The molecule has 176 valence electrons. The van der Waals surface area contributed by atoms with E-state index in [1.807, 2.05) is 6.92 Å². The lowest BCUT2D eigenvalue weighted by molar-refractivity contribution is -0.172. The van der Waals surface area contributed by atoms with Crippen LogP contribution in [-0.2, 0) is 33.0 Å². The average molecular weight is 463 g/mol. The number of pyridine rings is 2. The molecule has 2 aliphatic heterocycles. The van der Waals surface area contributed by atoms with Crippen LogP contribution in [0.5, 0.6) is 5.75 Å². The molecule has 34 heavy (non-hydrogen) atoms. The minimum absolute atomic E-state index is 0.0312. The molecule has 1 aromatic carbocycles. The van der Waals surface area contributed by atoms with Crippen LogP contribution in [0.1, 0.15) is 55.4 Å². The van der Waals surface area contributed by atoms with Crippen LogP contribution in [0.15, 0.2) is 29.1 Å². The maximum absolute atomic E-state index is 13.4. The highest BCUT2D eigenvalue weighted by Gasteiger charge is 2.45. The number of hydrogen-bond donors (Lipinski definition) is 3. The Morgan fingerprint density at radius 1 is 1.26 bits per heavy atom. The summed E-state index contributed by atoms with van der Waals surface area (Å²) in [6, 6.07) is 6.33. The molecule has 0 saturated carbocycles. The van der Waals surface area contributed by atoms with Crippen LogP contribution >= 0.6 is 0 Å². The summed E-state index contributed by atoms with van der Waals surface area (Å²) in [5.74, 6) is -0.806. The largest absolute Gasteiger partial charge is 0.508 e. The van der Waals surface area contributed by atoms with Crippen LogP contribution in [0.4, 0.5) is 0 Å². The van der Waals surface area contributed by atoms with E-state index in [9.17, 15) is 19.8 Å². The van der Waals surface area contributed by atoms with E-state index in [-0.39, 0.29) is 47.9 Å². The van der Waals surface area contributed by atoms with Crippen molar-refractivity contribution in [2.24, 2.45) is 0 Å². The van der Waals surface area contributed by atoms with Gasteiger partial charge in [-0.05, 0) is 37.1 Å². The van der Waals surface area contributed by atoms with Crippen molar-refractivity contribution in [3.63, 3.8) is 0 Å². The van der Waals surface area contributed by atoms with Gasteiger partial charge >= 0.3 is 5.97 Å². The predicted octanol–water partition coefficient (Wildman–Crippen LogP) is 2.93. The van der Waals surface area contributed by atoms with Crippen LogP contribution in [0.2, 0.25) is 0 Å². The summed E-state index contributed by atoms with van der Waals surface area (Å²) < 4.78 is 12.4. The van der Waals surface area contributed by atoms with Crippen molar-refractivity contribution in [1.82, 2.24) is 9.55 Å². The number of esters is 1. The Kier molecular flexibility index (Phi) is 5.16. The normalized spacial score (nSPS) is 18.3. The molecule has 0 amide bonds. The van der Waals surface area contributed by atoms with Gasteiger partial charge in [-0.3, -0.25) is 10.2 Å². The Morgan fingerprint density at radius 2 is 2.06 bits per heavy atom. The summed E-state index contributed by atoms with van der Waals surface area (Å²) in [5.41, 5.74) is 0.731. The second-order valence-electron chi connectivity index (χ2n) is 8.65. The van der Waals surface area contributed by atoms with Crippen LogP contribution in [0.3, 0.4) is 0 Å². The highest BCUT2D eigenvalue weighted by molar-refractivity contribution is 6.08. The number of cyclic esters (lactones) is 1. The lowest BCUT2D eigenvalue weighted by atomic mass is 9.86. The third-order valence-electron chi connectivity index (χ3n) is 6.64. The summed E-state index contributed by atoms with van der Waals surface area (Å²) in [6.07, 6.45) is 1.76. The van der Waals surface area contributed by atoms with Gasteiger partial charge in [0.15, 0.2) is 5.60 Å². The van der Waals surface area contributed by atoms with Gasteiger partial charge in [-0.15, -0.1) is 0 Å². The molecule has 0 saturated heterocycles. The van der Waals surface area contributed by atoms with E-state index in [0.29, 0.717) is 40.0 Å². The zero-order valence-corrected chi connectivity index (χ0v) is 19.0. The number of nitrogens with zero attached hydrogens (tertiary/aromatic N) is 2. The quantitative estimate of drug-likeness (QED) is 0.179. The van der Waals surface area contributed by atoms with Crippen molar-refractivity contribution in [2.45, 2.75) is 51.9 Å². The number of aromatic nitrogens is 2. The second kappa shape index (κ2) is 7.95. The fraction of sp³-hybridized carbons (Fsp3) is 0.360. The van der Waals surface area contributed by atoms with Crippen LogP contribution < -0.4 is 5.56 Å². The van der Waals surface area contributed by atoms with E-state index in [2.05, 4.69) is 0 Å². The molecule has 3 N–H and O–H groups in total. The number of carbonyl (C=O) groups is 1. The number of carbonyl (C=O) groups excluding carboxylic acids is 1. The maximum Gasteiger partial charge on any atom is 0.343 e. The van der Waals surface area contributed by atoms with Gasteiger partial charge in [0, 0.05) is 16.5 Å². The van der Waals surface area contributed by atoms with Crippen molar-refractivity contribution in [2.75, 3.05) is 6.61 Å². The minimum Gasteiger partial charge on any atom is -0.508 e. The Morgan fingerprint density at radius 3 is 2.79 bits per heavy atom. The molecule has 0 aliphatic carbocycles. The summed E-state index contributed by atoms with van der Waals surface area (Å²) in [6.45, 7) is 3.99. The topological polar surface area (TPSA) is 135 Å². The third kappa shape index (κ3) is 3.11. The lowest BCUT2D eigenvalue weighted by Gasteiger charge is -2.31. The standard InChI is InChI=1S/C25H25N3O6/c1-3-5-8-33-22(26)20-14-9-13(29)6-7-18(14)27-21-15(20)11-28-19(21)10-17-16(23(28)30)12-34-24(31)25(17,32)4-2/h6-7,9-10,26,29,32H,3-5,8,11-12H2,1-2H3. The summed E-state index contributed by atoms with van der Waals surface area (Å²) >= 11 is 0. The maximum atomic E-state index is 13.4. The molecule has 9 heteroatoms. The van der Waals surface area contributed by atoms with Gasteiger partial charge < -0.3 is 24.3 Å². The van der Waals surface area contributed by atoms with Crippen LogP contribution in [0, 0.1) is 5.41 Å². The predicted molar refractivity (Wildman–Crippen MR) is 124 cm³/mol. The SMILES string of the molecule is CCCCOC(=N)c1c2c(nc3ccc(O)cc13)-c1cc3c(c(=O)n1C2)COC(=O)C3(O)CC. The summed E-state index contributed by atoms with van der Waals surface area (Å²) in [4.78, 5) is 30.5. The van der Waals surface area contributed by atoms with E-state index >= 15 is 0 Å². The fourth-order valence-corrected chi connectivity index (χ4v) is 4.72. The zero-order chi connectivity index (χ0) is 24.2. The van der Waals surface area contributed by atoms with Crippen LogP contribution in [-0.4, -0.2) is 38.2 Å². The first-order chi connectivity index (χ1) is 16.3. The Hall–Kier alpha value is -3.72. The monoisotopic (exact) mass is 463 g/mol. The second-order valence-corrected chi connectivity index (χ2v) is 8.65. The molecule has 9 nitrogen and oxygen atoms in total. The highest BCUT2D eigenvalue weighted by Crippen LogP contribution is 2.40. The van der Waals surface area contributed by atoms with Crippen LogP contribution in [0.25, 0.3) is 22.3 Å². The molecule has 3 aromatic rings. The molecule has 1 unspecified atom stereocenters. The van der Waals surface area contributed by atoms with E-state index < -0.39 is 11.6 Å². The van der Waals surface area contributed by atoms with Gasteiger partial charge in [-0.25, -0.2) is 9.78 Å². The van der Waals surface area contributed by atoms with Crippen molar-refractivity contribution in [3.05, 3.63) is 56.9 Å². The van der Waals surface area contributed by atoms with E-state index in [0.717, 1.165) is 12.8 Å². The number of rotatable bonds is 5. The minimum atomic E-state index is -1.91. The van der Waals surface area contributed by atoms with Gasteiger partial charge in [0.25, 0.3) is 5.56 Å². The molecule has 1 atom stereocenters. The number of nitrogens with one attached hydrogen (secondary N) is 1. The number of hydrogen-bond acceptors (Lipinski definition) is 8. The molecular weight excluding hydrogens is 438 g/mol. The van der Waals surface area contributed by atoms with Crippen molar-refractivity contribution < 1.29 is 24.5 Å². The van der Waals surface area contributed by atoms with E-state index in [4.69, 9.17) is 19.9 Å². The van der Waals surface area contributed by atoms with Gasteiger partial charge in [0.2, 0.25) is 5.90 Å². The smallest absolute Gasteiger partial charge is 0.343 e. The Balaban J connectivity index is 1.76. The average Bonchev–Trinajstić information content (AvgIpc) is 3.19. The number of unbranched alkanes of at least 4 members (excludes halogenated alkanes) is 1. The number of fused-ring (bicyclic) bond motifs is 5. The molecule has 5 rings (SSSR count). The van der Waals surface area contributed by atoms with E-state index in [1.54, 1.807) is 19.1 Å². The molecule has 4 heterocycles. The number of phenolic OH excluding ortho intramolecular Hbond substituents is 1. The number of phenols is 1. The summed E-state index contributed by atoms with van der Waals surface area (Å²) in [7, 11) is 0. The first kappa shape index (κ1) is 22.1. The number of aliphatic hydroxyl groups is 1.